The van der Waals surface area contributed by atoms with Crippen molar-refractivity contribution >= 4 is 34.3 Å². The van der Waals surface area contributed by atoms with E-state index < -0.39 is 0 Å². The normalized spacial score (nSPS) is 17.4. The minimum absolute atomic E-state index is 0.108. The van der Waals surface area contributed by atoms with E-state index in [9.17, 15) is 14.4 Å². The van der Waals surface area contributed by atoms with Gasteiger partial charge in [-0.3, -0.25) is 14.4 Å². The number of anilines is 1. The predicted molar refractivity (Wildman–Crippen MR) is 95.5 cm³/mol. The molecule has 1 aromatic rings. The number of nitrogens with one attached hydrogen (secondary N) is 1. The number of esters is 1. The van der Waals surface area contributed by atoms with E-state index in [2.05, 4.69) is 10.3 Å². The smallest absolute Gasteiger partial charge is 0.310 e. The molecule has 7 nitrogen and oxygen atoms in total. The molecule has 1 atom stereocenters. The van der Waals surface area contributed by atoms with Crippen LogP contribution in [0.25, 0.3) is 0 Å². The second kappa shape index (κ2) is 8.94. The van der Waals surface area contributed by atoms with Crippen molar-refractivity contribution in [3.05, 3.63) is 11.1 Å². The molecule has 2 heterocycles. The Morgan fingerprint density at radius 3 is 2.88 bits per heavy atom. The highest BCUT2D eigenvalue weighted by molar-refractivity contribution is 7.14. The molecule has 1 aromatic heterocycles. The van der Waals surface area contributed by atoms with Gasteiger partial charge in [0.25, 0.3) is 5.91 Å². The summed E-state index contributed by atoms with van der Waals surface area (Å²) in [5.41, 5.74) is 0.300. The average molecular weight is 367 g/mol. The lowest BCUT2D eigenvalue weighted by Crippen LogP contribution is -2.43. The van der Waals surface area contributed by atoms with Crippen LogP contribution in [-0.4, -0.2) is 47.4 Å². The molecule has 0 unspecified atom stereocenters. The lowest BCUT2D eigenvalue weighted by atomic mass is 9.98. The number of aromatic nitrogens is 1. The van der Waals surface area contributed by atoms with Gasteiger partial charge in [-0.25, -0.2) is 4.98 Å². The number of carbonyl (C=O) groups is 3. The Kier molecular flexibility index (Phi) is 6.92. The summed E-state index contributed by atoms with van der Waals surface area (Å²) < 4.78 is 5.06. The van der Waals surface area contributed by atoms with Crippen LogP contribution in [0.15, 0.2) is 5.38 Å². The molecule has 25 heavy (non-hydrogen) atoms. The van der Waals surface area contributed by atoms with Crippen LogP contribution < -0.4 is 5.32 Å². The average Bonchev–Trinajstić information content (AvgIpc) is 3.02. The summed E-state index contributed by atoms with van der Waals surface area (Å²) in [5.74, 6) is -0.589. The van der Waals surface area contributed by atoms with Crippen LogP contribution >= 0.6 is 11.3 Å². The number of likely N-dealkylation sites (tertiary alicyclic amines) is 1. The lowest BCUT2D eigenvalue weighted by Gasteiger charge is -2.31. The predicted octanol–water partition coefficient (Wildman–Crippen LogP) is 2.54. The van der Waals surface area contributed by atoms with Gasteiger partial charge in [-0.15, -0.1) is 11.3 Å². The third-order valence-corrected chi connectivity index (χ3v) is 4.65. The summed E-state index contributed by atoms with van der Waals surface area (Å²) in [6.07, 6.45) is 1.91. The number of thiazole rings is 1. The van der Waals surface area contributed by atoms with Crippen LogP contribution in [0.1, 0.15) is 50.5 Å². The molecule has 1 aliphatic rings. The molecule has 1 saturated heterocycles. The molecular weight excluding hydrogens is 342 g/mol. The van der Waals surface area contributed by atoms with Gasteiger partial charge in [-0.05, 0) is 25.7 Å². The molecule has 1 aliphatic heterocycles. The molecule has 2 rings (SSSR count). The van der Waals surface area contributed by atoms with Crippen molar-refractivity contribution in [2.24, 2.45) is 11.8 Å². The zero-order chi connectivity index (χ0) is 18.4. The monoisotopic (exact) mass is 367 g/mol. The summed E-state index contributed by atoms with van der Waals surface area (Å²) >= 11 is 1.23. The molecule has 0 radical (unpaired) electrons. The fourth-order valence-corrected chi connectivity index (χ4v) is 3.45. The van der Waals surface area contributed by atoms with E-state index in [1.807, 2.05) is 13.8 Å². The topological polar surface area (TPSA) is 88.6 Å². The van der Waals surface area contributed by atoms with Crippen LogP contribution in [0.5, 0.6) is 0 Å². The van der Waals surface area contributed by atoms with Crippen molar-refractivity contribution in [1.29, 1.82) is 0 Å². The highest BCUT2D eigenvalue weighted by Crippen LogP contribution is 2.22. The Labute approximate surface area is 151 Å². The molecule has 1 fully saturated rings. The van der Waals surface area contributed by atoms with Crippen molar-refractivity contribution in [1.82, 2.24) is 9.88 Å². The van der Waals surface area contributed by atoms with Gasteiger partial charge in [0.1, 0.15) is 5.69 Å². The second-order valence-electron chi connectivity index (χ2n) is 6.53. The lowest BCUT2D eigenvalue weighted by molar-refractivity contribution is -0.149. The van der Waals surface area contributed by atoms with Crippen LogP contribution in [0.3, 0.4) is 0 Å². The summed E-state index contributed by atoms with van der Waals surface area (Å²) in [6.45, 7) is 6.99. The first-order chi connectivity index (χ1) is 11.9. The molecule has 0 aromatic carbocycles. The van der Waals surface area contributed by atoms with Gasteiger partial charge in [0, 0.05) is 24.9 Å². The van der Waals surface area contributed by atoms with E-state index in [1.165, 1.54) is 11.3 Å². The minimum Gasteiger partial charge on any atom is -0.466 e. The van der Waals surface area contributed by atoms with Crippen molar-refractivity contribution < 1.29 is 19.1 Å². The van der Waals surface area contributed by atoms with E-state index in [0.717, 1.165) is 12.8 Å². The van der Waals surface area contributed by atoms with Gasteiger partial charge < -0.3 is 15.0 Å². The number of hydrogen-bond acceptors (Lipinski definition) is 6. The second-order valence-corrected chi connectivity index (χ2v) is 7.38. The van der Waals surface area contributed by atoms with Crippen molar-refractivity contribution in [2.45, 2.75) is 40.0 Å². The molecule has 2 amide bonds. The van der Waals surface area contributed by atoms with E-state index in [1.54, 1.807) is 17.2 Å². The maximum atomic E-state index is 12.6. The molecule has 138 valence electrons. The van der Waals surface area contributed by atoms with Gasteiger partial charge >= 0.3 is 5.97 Å². The third-order valence-electron chi connectivity index (χ3n) is 3.89. The molecule has 0 saturated carbocycles. The highest BCUT2D eigenvalue weighted by atomic mass is 32.1. The SMILES string of the molecule is CCOC(=O)[C@H]1CCCN(C(=O)c2csc(NC(=O)CC(C)C)n2)C1. The first-order valence-corrected chi connectivity index (χ1v) is 9.50. The molecule has 0 spiro atoms. The number of hydrogen-bond donors (Lipinski definition) is 1. The minimum atomic E-state index is -0.276. The number of nitrogens with zero attached hydrogens (tertiary/aromatic N) is 2. The maximum Gasteiger partial charge on any atom is 0.310 e. The van der Waals surface area contributed by atoms with E-state index in [4.69, 9.17) is 4.74 Å². The van der Waals surface area contributed by atoms with Crippen LogP contribution in [-0.2, 0) is 14.3 Å². The van der Waals surface area contributed by atoms with Crippen molar-refractivity contribution in [3.8, 4) is 0 Å². The summed E-state index contributed by atoms with van der Waals surface area (Å²) in [4.78, 5) is 42.2. The number of ether oxygens (including phenoxy) is 1. The fraction of sp³-hybridized carbons (Fsp3) is 0.647. The third kappa shape index (κ3) is 5.52. The Balaban J connectivity index is 1.96. The van der Waals surface area contributed by atoms with Gasteiger partial charge in [0.05, 0.1) is 12.5 Å². The number of rotatable bonds is 6. The zero-order valence-electron chi connectivity index (χ0n) is 14.9. The summed E-state index contributed by atoms with van der Waals surface area (Å²) in [6, 6.07) is 0. The van der Waals surface area contributed by atoms with Gasteiger partial charge in [-0.1, -0.05) is 13.8 Å². The first kappa shape index (κ1) is 19.4. The van der Waals surface area contributed by atoms with Crippen LogP contribution in [0, 0.1) is 11.8 Å². The van der Waals surface area contributed by atoms with E-state index in [-0.39, 0.29) is 29.6 Å². The number of piperidine rings is 1. The molecular formula is C17H25N3O4S. The Morgan fingerprint density at radius 1 is 1.44 bits per heavy atom. The molecule has 8 heteroatoms. The Hall–Kier alpha value is -1.96. The quantitative estimate of drug-likeness (QED) is 0.781. The van der Waals surface area contributed by atoms with Crippen LogP contribution in [0.4, 0.5) is 5.13 Å². The number of amides is 2. The summed E-state index contributed by atoms with van der Waals surface area (Å²) in [7, 11) is 0. The van der Waals surface area contributed by atoms with Gasteiger partial charge in [-0.2, -0.15) is 0 Å². The van der Waals surface area contributed by atoms with Crippen molar-refractivity contribution in [2.75, 3.05) is 25.0 Å². The molecule has 1 N–H and O–H groups in total. The molecule has 0 bridgehead atoms. The van der Waals surface area contributed by atoms with Crippen molar-refractivity contribution in [3.63, 3.8) is 0 Å². The number of carbonyl (C=O) groups excluding carboxylic acids is 3. The van der Waals surface area contributed by atoms with Gasteiger partial charge in [0.15, 0.2) is 5.13 Å². The molecule has 0 aliphatic carbocycles. The maximum absolute atomic E-state index is 12.6. The Morgan fingerprint density at radius 2 is 2.20 bits per heavy atom. The highest BCUT2D eigenvalue weighted by Gasteiger charge is 2.30. The Bertz CT molecular complexity index is 629. The van der Waals surface area contributed by atoms with E-state index in [0.29, 0.717) is 36.9 Å². The zero-order valence-corrected chi connectivity index (χ0v) is 15.7. The first-order valence-electron chi connectivity index (χ1n) is 8.62. The summed E-state index contributed by atoms with van der Waals surface area (Å²) in [5, 5.41) is 4.78. The van der Waals surface area contributed by atoms with E-state index >= 15 is 0 Å². The van der Waals surface area contributed by atoms with Crippen LogP contribution in [0.2, 0.25) is 0 Å². The van der Waals surface area contributed by atoms with Gasteiger partial charge in [0.2, 0.25) is 5.91 Å². The largest absolute Gasteiger partial charge is 0.466 e. The standard InChI is InChI=1S/C17H25N3O4S/c1-4-24-16(23)12-6-5-7-20(9-12)15(22)13-10-25-17(18-13)19-14(21)8-11(2)3/h10-12H,4-9H2,1-3H3,(H,18,19,21)/t12-/m0/s1. The fourth-order valence-electron chi connectivity index (χ4n) is 2.75.